The average molecular weight is 457 g/mol. The van der Waals surface area contributed by atoms with E-state index in [2.05, 4.69) is 38.3 Å². The van der Waals surface area contributed by atoms with Crippen LogP contribution in [0.15, 0.2) is 0 Å². The molecule has 0 aliphatic carbocycles. The highest BCUT2D eigenvalue weighted by atomic mass is 16.5. The maximum atomic E-state index is 12.9. The summed E-state index contributed by atoms with van der Waals surface area (Å²) in [5.41, 5.74) is -1.87. The minimum Gasteiger partial charge on any atom is -0.379 e. The molecule has 0 fully saturated rings. The first-order valence-electron chi connectivity index (χ1n) is 12.3. The monoisotopic (exact) mass is 456 g/mol. The number of carbonyl (C=O) groups is 2. The third-order valence-electron chi connectivity index (χ3n) is 5.77. The van der Waals surface area contributed by atoms with Gasteiger partial charge in [-0.1, -0.05) is 47.0 Å². The molecule has 2 N–H and O–H groups in total. The second-order valence-corrected chi connectivity index (χ2v) is 11.7. The van der Waals surface area contributed by atoms with Crippen LogP contribution in [-0.2, 0) is 19.1 Å². The number of hydrogen-bond donors (Lipinski definition) is 2. The van der Waals surface area contributed by atoms with Crippen molar-refractivity contribution in [3.8, 4) is 0 Å². The van der Waals surface area contributed by atoms with Crippen LogP contribution in [0.4, 0.5) is 0 Å². The summed E-state index contributed by atoms with van der Waals surface area (Å²) in [6, 6.07) is 0. The molecular formula is C26H52N2O4. The molecule has 1 atom stereocenters. The number of hydrogen-bond acceptors (Lipinski definition) is 4. The van der Waals surface area contributed by atoms with E-state index < -0.39 is 16.6 Å². The number of ether oxygens (including phenoxy) is 2. The van der Waals surface area contributed by atoms with Crippen LogP contribution in [0.1, 0.15) is 114 Å². The van der Waals surface area contributed by atoms with Crippen molar-refractivity contribution in [2.45, 2.75) is 137 Å². The Hall–Kier alpha value is -1.14. The summed E-state index contributed by atoms with van der Waals surface area (Å²) in [5, 5.41) is 5.82. The van der Waals surface area contributed by atoms with Crippen molar-refractivity contribution in [1.82, 2.24) is 10.6 Å². The molecule has 1 unspecified atom stereocenters. The fraction of sp³-hybridized carbons (Fsp3) is 0.923. The van der Waals surface area contributed by atoms with Gasteiger partial charge in [-0.2, -0.15) is 0 Å². The highest BCUT2D eigenvalue weighted by Crippen LogP contribution is 2.32. The second-order valence-electron chi connectivity index (χ2n) is 11.7. The molecule has 0 aromatic heterocycles. The lowest BCUT2D eigenvalue weighted by molar-refractivity contribution is -0.139. The number of rotatable bonds is 16. The normalized spacial score (nSPS) is 14.2. The van der Waals surface area contributed by atoms with Gasteiger partial charge in [0.15, 0.2) is 0 Å². The zero-order chi connectivity index (χ0) is 25.2. The first-order valence-corrected chi connectivity index (χ1v) is 12.3. The van der Waals surface area contributed by atoms with Crippen molar-refractivity contribution in [3.63, 3.8) is 0 Å². The molecule has 0 heterocycles. The molecule has 6 nitrogen and oxygen atoms in total. The van der Waals surface area contributed by atoms with Crippen LogP contribution in [0, 0.1) is 5.41 Å². The number of amides is 2. The smallest absolute Gasteiger partial charge is 0.239 e. The number of unbranched alkanes of at least 4 members (excludes halogenated alkanes) is 1. The van der Waals surface area contributed by atoms with Gasteiger partial charge in [-0.25, -0.2) is 0 Å². The molecule has 0 aliphatic heterocycles. The lowest BCUT2D eigenvalue weighted by Gasteiger charge is -2.37. The van der Waals surface area contributed by atoms with E-state index in [1.807, 2.05) is 41.5 Å². The van der Waals surface area contributed by atoms with Gasteiger partial charge >= 0.3 is 0 Å². The molecule has 0 aromatic rings. The zero-order valence-electron chi connectivity index (χ0n) is 22.9. The van der Waals surface area contributed by atoms with E-state index in [1.54, 1.807) is 7.11 Å². The van der Waals surface area contributed by atoms with Gasteiger partial charge in [0.1, 0.15) is 0 Å². The summed E-state index contributed by atoms with van der Waals surface area (Å²) in [7, 11) is 1.67. The van der Waals surface area contributed by atoms with Crippen LogP contribution in [0.5, 0.6) is 0 Å². The van der Waals surface area contributed by atoms with Crippen LogP contribution in [0.3, 0.4) is 0 Å². The van der Waals surface area contributed by atoms with E-state index in [0.29, 0.717) is 12.8 Å². The number of nitrogens with one attached hydrogen (secondary N) is 2. The third-order valence-corrected chi connectivity index (χ3v) is 5.77. The molecule has 0 spiro atoms. The van der Waals surface area contributed by atoms with Gasteiger partial charge in [0.05, 0.1) is 23.9 Å². The summed E-state index contributed by atoms with van der Waals surface area (Å²) in [6.07, 6.45) is 6.93. The molecule has 0 radical (unpaired) electrons. The molecule has 0 saturated carbocycles. The molecule has 0 rings (SSSR count). The molecule has 0 bridgehead atoms. The van der Waals surface area contributed by atoms with E-state index in [1.165, 1.54) is 0 Å². The van der Waals surface area contributed by atoms with Crippen LogP contribution >= 0.6 is 0 Å². The molecule has 0 aliphatic rings. The molecule has 0 aromatic carbocycles. The number of methoxy groups -OCH3 is 1. The Kier molecular flexibility index (Phi) is 12.5. The van der Waals surface area contributed by atoms with Crippen LogP contribution < -0.4 is 10.6 Å². The largest absolute Gasteiger partial charge is 0.379 e. The molecule has 6 heteroatoms. The van der Waals surface area contributed by atoms with E-state index in [0.717, 1.165) is 32.1 Å². The van der Waals surface area contributed by atoms with Crippen LogP contribution in [-0.4, -0.2) is 48.3 Å². The molecule has 32 heavy (non-hydrogen) atoms. The average Bonchev–Trinajstić information content (AvgIpc) is 2.61. The molecular weight excluding hydrogens is 404 g/mol. The van der Waals surface area contributed by atoms with Crippen molar-refractivity contribution in [2.24, 2.45) is 5.41 Å². The summed E-state index contributed by atoms with van der Waals surface area (Å²) < 4.78 is 11.9. The van der Waals surface area contributed by atoms with Gasteiger partial charge in [0, 0.05) is 18.1 Å². The lowest BCUT2D eigenvalue weighted by Crippen LogP contribution is -2.52. The Balaban J connectivity index is 4.84. The van der Waals surface area contributed by atoms with Crippen LogP contribution in [0.25, 0.3) is 0 Å². The quantitative estimate of drug-likeness (QED) is 0.327. The lowest BCUT2D eigenvalue weighted by atomic mass is 9.80. The third kappa shape index (κ3) is 12.8. The fourth-order valence-corrected chi connectivity index (χ4v) is 4.66. The first kappa shape index (κ1) is 30.9. The van der Waals surface area contributed by atoms with Gasteiger partial charge < -0.3 is 20.1 Å². The SMILES string of the molecule is CCCCC(CCC)OC(C)(C)CC(C)(C)C(=O)NCC(=O)NC(C)(C)CC(C)(C)OC. The Labute approximate surface area is 198 Å². The Morgan fingerprint density at radius 3 is 1.94 bits per heavy atom. The van der Waals surface area contributed by atoms with Gasteiger partial charge in [0.25, 0.3) is 0 Å². The molecule has 190 valence electrons. The summed E-state index contributed by atoms with van der Waals surface area (Å²) in [5.74, 6) is -0.343. The summed E-state index contributed by atoms with van der Waals surface area (Å²) >= 11 is 0. The van der Waals surface area contributed by atoms with Gasteiger partial charge in [-0.3, -0.25) is 9.59 Å². The van der Waals surface area contributed by atoms with Crippen molar-refractivity contribution in [2.75, 3.05) is 13.7 Å². The van der Waals surface area contributed by atoms with E-state index >= 15 is 0 Å². The van der Waals surface area contributed by atoms with Gasteiger partial charge in [0.2, 0.25) is 11.8 Å². The van der Waals surface area contributed by atoms with Crippen molar-refractivity contribution >= 4 is 11.8 Å². The summed E-state index contributed by atoms with van der Waals surface area (Å²) in [6.45, 7) is 20.2. The Morgan fingerprint density at radius 1 is 0.844 bits per heavy atom. The van der Waals surface area contributed by atoms with E-state index in [4.69, 9.17) is 9.47 Å². The fourth-order valence-electron chi connectivity index (χ4n) is 4.66. The van der Waals surface area contributed by atoms with Gasteiger partial charge in [-0.05, 0) is 67.2 Å². The van der Waals surface area contributed by atoms with Crippen molar-refractivity contribution < 1.29 is 19.1 Å². The topological polar surface area (TPSA) is 76.7 Å². The highest BCUT2D eigenvalue weighted by molar-refractivity contribution is 5.87. The van der Waals surface area contributed by atoms with Gasteiger partial charge in [-0.15, -0.1) is 0 Å². The minimum absolute atomic E-state index is 0.0463. The van der Waals surface area contributed by atoms with E-state index in [9.17, 15) is 9.59 Å². The highest BCUT2D eigenvalue weighted by Gasteiger charge is 2.37. The Bertz CT molecular complexity index is 582. The molecule has 0 saturated heterocycles. The maximum absolute atomic E-state index is 12.9. The van der Waals surface area contributed by atoms with Crippen molar-refractivity contribution in [1.29, 1.82) is 0 Å². The predicted molar refractivity (Wildman–Crippen MR) is 133 cm³/mol. The zero-order valence-corrected chi connectivity index (χ0v) is 22.9. The first-order chi connectivity index (χ1) is 14.5. The van der Waals surface area contributed by atoms with Crippen LogP contribution in [0.2, 0.25) is 0 Å². The predicted octanol–water partition coefficient (Wildman–Crippen LogP) is 5.38. The summed E-state index contributed by atoms with van der Waals surface area (Å²) in [4.78, 5) is 25.4. The standard InChI is InChI=1S/C26H52N2O4/c1-12-14-16-20(15-13-2)32-26(9,10)18-23(3,4)22(30)27-17-21(29)28-24(5,6)19-25(7,8)31-11/h20H,12-19H2,1-11H3,(H,27,30)(H,28,29). The van der Waals surface area contributed by atoms with Crippen molar-refractivity contribution in [3.05, 3.63) is 0 Å². The Morgan fingerprint density at radius 2 is 1.44 bits per heavy atom. The number of carbonyl (C=O) groups excluding carboxylic acids is 2. The second kappa shape index (κ2) is 12.9. The molecule has 2 amide bonds. The van der Waals surface area contributed by atoms with E-state index in [-0.39, 0.29) is 30.1 Å². The minimum atomic E-state index is -0.654. The maximum Gasteiger partial charge on any atom is 0.239 e.